The minimum Gasteiger partial charge on any atom is -0.317 e. The molecule has 0 radical (unpaired) electrons. The number of rotatable bonds is 1. The quantitative estimate of drug-likeness (QED) is 0.706. The molecule has 0 unspecified atom stereocenters. The second kappa shape index (κ2) is 3.88. The molecule has 1 N–H and O–H groups in total. The predicted molar refractivity (Wildman–Crippen MR) is 53.8 cm³/mol. The Hall–Kier alpha value is -0.890. The highest BCUT2D eigenvalue weighted by Crippen LogP contribution is 2.26. The Labute approximate surface area is 79.4 Å². The van der Waals surface area contributed by atoms with Crippen LogP contribution in [0.15, 0.2) is 18.5 Å². The van der Waals surface area contributed by atoms with Gasteiger partial charge < -0.3 is 5.32 Å². The summed E-state index contributed by atoms with van der Waals surface area (Å²) in [6.45, 7) is 4.48. The maximum atomic E-state index is 4.12. The fourth-order valence-corrected chi connectivity index (χ4v) is 2.08. The van der Waals surface area contributed by atoms with Gasteiger partial charge in [-0.3, -0.25) is 4.98 Å². The van der Waals surface area contributed by atoms with E-state index in [0.717, 1.165) is 19.0 Å². The lowest BCUT2D eigenvalue weighted by atomic mass is 9.88. The highest BCUT2D eigenvalue weighted by molar-refractivity contribution is 5.26. The monoisotopic (exact) mass is 176 g/mol. The molecule has 2 rings (SSSR count). The maximum absolute atomic E-state index is 4.12. The number of pyridine rings is 1. The van der Waals surface area contributed by atoms with Crippen molar-refractivity contribution < 1.29 is 0 Å². The maximum Gasteiger partial charge on any atom is 0.0299 e. The average Bonchev–Trinajstić information content (AvgIpc) is 2.20. The number of piperidine rings is 1. The van der Waals surface area contributed by atoms with Crippen molar-refractivity contribution in [3.8, 4) is 0 Å². The number of hydrogen-bond donors (Lipinski definition) is 1. The average molecular weight is 176 g/mol. The van der Waals surface area contributed by atoms with Crippen LogP contribution in [-0.4, -0.2) is 18.1 Å². The van der Waals surface area contributed by atoms with E-state index in [1.807, 2.05) is 12.4 Å². The molecule has 1 aliphatic rings. The summed E-state index contributed by atoms with van der Waals surface area (Å²) in [7, 11) is 0. The van der Waals surface area contributed by atoms with Gasteiger partial charge in [0.1, 0.15) is 0 Å². The third kappa shape index (κ3) is 1.89. The van der Waals surface area contributed by atoms with Crippen molar-refractivity contribution in [3.05, 3.63) is 29.6 Å². The van der Waals surface area contributed by atoms with Crippen molar-refractivity contribution in [2.45, 2.75) is 25.7 Å². The van der Waals surface area contributed by atoms with Crippen LogP contribution in [0.3, 0.4) is 0 Å². The summed E-state index contributed by atoms with van der Waals surface area (Å²) >= 11 is 0. The van der Waals surface area contributed by atoms with Crippen molar-refractivity contribution in [1.82, 2.24) is 10.3 Å². The summed E-state index contributed by atoms with van der Waals surface area (Å²) in [5.41, 5.74) is 2.84. The van der Waals surface area contributed by atoms with Gasteiger partial charge in [-0.1, -0.05) is 0 Å². The minimum absolute atomic E-state index is 0.754. The summed E-state index contributed by atoms with van der Waals surface area (Å²) in [5.74, 6) is 0.754. The molecule has 0 atom stereocenters. The molecule has 70 valence electrons. The van der Waals surface area contributed by atoms with Crippen molar-refractivity contribution in [2.24, 2.45) is 0 Å². The molecule has 2 nitrogen and oxygen atoms in total. The summed E-state index contributed by atoms with van der Waals surface area (Å²) in [4.78, 5) is 4.12. The number of nitrogens with one attached hydrogen (secondary N) is 1. The zero-order valence-electron chi connectivity index (χ0n) is 8.09. The zero-order valence-corrected chi connectivity index (χ0v) is 8.09. The first kappa shape index (κ1) is 8.70. The number of aryl methyl sites for hydroxylation is 1. The standard InChI is InChI=1S/C11H16N2/c1-9-8-13-7-4-11(9)10-2-5-12-6-3-10/h4,7-8,10,12H,2-3,5-6H2,1H3. The van der Waals surface area contributed by atoms with Crippen LogP contribution in [0.1, 0.15) is 29.9 Å². The van der Waals surface area contributed by atoms with E-state index >= 15 is 0 Å². The molecule has 0 aliphatic carbocycles. The van der Waals surface area contributed by atoms with E-state index in [2.05, 4.69) is 23.3 Å². The van der Waals surface area contributed by atoms with Gasteiger partial charge in [-0.25, -0.2) is 0 Å². The number of hydrogen-bond acceptors (Lipinski definition) is 2. The van der Waals surface area contributed by atoms with Crippen LogP contribution in [0.5, 0.6) is 0 Å². The van der Waals surface area contributed by atoms with Crippen LogP contribution in [0.2, 0.25) is 0 Å². The molecule has 2 heterocycles. The van der Waals surface area contributed by atoms with E-state index in [9.17, 15) is 0 Å². The lowest BCUT2D eigenvalue weighted by Gasteiger charge is -2.24. The molecule has 0 bridgehead atoms. The first-order chi connectivity index (χ1) is 6.38. The van der Waals surface area contributed by atoms with Gasteiger partial charge in [-0.2, -0.15) is 0 Å². The third-order valence-corrected chi connectivity index (χ3v) is 2.84. The zero-order chi connectivity index (χ0) is 9.10. The van der Waals surface area contributed by atoms with Gasteiger partial charge in [0.2, 0.25) is 0 Å². The van der Waals surface area contributed by atoms with Gasteiger partial charge >= 0.3 is 0 Å². The van der Waals surface area contributed by atoms with Gasteiger partial charge in [-0.15, -0.1) is 0 Å². The fraction of sp³-hybridized carbons (Fsp3) is 0.545. The molecule has 1 fully saturated rings. The van der Waals surface area contributed by atoms with Crippen molar-refractivity contribution in [3.63, 3.8) is 0 Å². The van der Waals surface area contributed by atoms with Crippen LogP contribution >= 0.6 is 0 Å². The van der Waals surface area contributed by atoms with Gasteiger partial charge in [0, 0.05) is 12.4 Å². The molecule has 0 spiro atoms. The van der Waals surface area contributed by atoms with Gasteiger partial charge in [0.25, 0.3) is 0 Å². The molecule has 2 heteroatoms. The van der Waals surface area contributed by atoms with Crippen LogP contribution in [0.25, 0.3) is 0 Å². The Kier molecular flexibility index (Phi) is 2.60. The molecule has 0 saturated carbocycles. The number of aromatic nitrogens is 1. The van der Waals surface area contributed by atoms with Gasteiger partial charge in [-0.05, 0) is 56.0 Å². The first-order valence-electron chi connectivity index (χ1n) is 4.99. The van der Waals surface area contributed by atoms with E-state index < -0.39 is 0 Å². The van der Waals surface area contributed by atoms with Crippen LogP contribution in [0.4, 0.5) is 0 Å². The molecular formula is C11H16N2. The molecule has 1 saturated heterocycles. The molecule has 0 aromatic carbocycles. The Bertz CT molecular complexity index is 277. The van der Waals surface area contributed by atoms with E-state index in [-0.39, 0.29) is 0 Å². The van der Waals surface area contributed by atoms with Gasteiger partial charge in [0.05, 0.1) is 0 Å². The Morgan fingerprint density at radius 1 is 1.38 bits per heavy atom. The summed E-state index contributed by atoms with van der Waals surface area (Å²) in [5, 5.41) is 3.39. The largest absolute Gasteiger partial charge is 0.317 e. The lowest BCUT2D eigenvalue weighted by Crippen LogP contribution is -2.26. The summed E-state index contributed by atoms with van der Waals surface area (Å²) in [6, 6.07) is 2.17. The second-order valence-corrected chi connectivity index (χ2v) is 3.76. The smallest absolute Gasteiger partial charge is 0.0299 e. The minimum atomic E-state index is 0.754. The highest BCUT2D eigenvalue weighted by Gasteiger charge is 2.16. The SMILES string of the molecule is Cc1cnccc1C1CCNCC1. The molecule has 1 aromatic heterocycles. The molecule has 1 aromatic rings. The summed E-state index contributed by atoms with van der Waals surface area (Å²) < 4.78 is 0. The van der Waals surface area contributed by atoms with E-state index in [1.165, 1.54) is 24.0 Å². The van der Waals surface area contributed by atoms with Crippen LogP contribution in [0, 0.1) is 6.92 Å². The topological polar surface area (TPSA) is 24.9 Å². The van der Waals surface area contributed by atoms with E-state index in [4.69, 9.17) is 0 Å². The lowest BCUT2D eigenvalue weighted by molar-refractivity contribution is 0.459. The summed E-state index contributed by atoms with van der Waals surface area (Å²) in [6.07, 6.45) is 6.41. The van der Waals surface area contributed by atoms with Crippen LogP contribution in [-0.2, 0) is 0 Å². The van der Waals surface area contributed by atoms with E-state index in [1.54, 1.807) is 0 Å². The fourth-order valence-electron chi connectivity index (χ4n) is 2.08. The van der Waals surface area contributed by atoms with E-state index in [0.29, 0.717) is 0 Å². The van der Waals surface area contributed by atoms with Crippen molar-refractivity contribution >= 4 is 0 Å². The Morgan fingerprint density at radius 2 is 2.15 bits per heavy atom. The Balaban J connectivity index is 2.18. The molecule has 13 heavy (non-hydrogen) atoms. The number of nitrogens with zero attached hydrogens (tertiary/aromatic N) is 1. The Morgan fingerprint density at radius 3 is 2.85 bits per heavy atom. The normalized spacial score (nSPS) is 18.8. The second-order valence-electron chi connectivity index (χ2n) is 3.76. The van der Waals surface area contributed by atoms with Crippen molar-refractivity contribution in [2.75, 3.05) is 13.1 Å². The molecule has 1 aliphatic heterocycles. The van der Waals surface area contributed by atoms with Gasteiger partial charge in [0.15, 0.2) is 0 Å². The van der Waals surface area contributed by atoms with Crippen LogP contribution < -0.4 is 5.32 Å². The first-order valence-corrected chi connectivity index (χ1v) is 4.99. The molecular weight excluding hydrogens is 160 g/mol. The van der Waals surface area contributed by atoms with Crippen molar-refractivity contribution in [1.29, 1.82) is 0 Å². The third-order valence-electron chi connectivity index (χ3n) is 2.84. The predicted octanol–water partition coefficient (Wildman–Crippen LogP) is 1.86. The highest BCUT2D eigenvalue weighted by atomic mass is 14.9. The molecule has 0 amide bonds.